The van der Waals surface area contributed by atoms with Crippen molar-refractivity contribution in [2.24, 2.45) is 0 Å². The highest BCUT2D eigenvalue weighted by Gasteiger charge is 2.31. The summed E-state index contributed by atoms with van der Waals surface area (Å²) in [5, 5.41) is 4.19. The minimum absolute atomic E-state index is 0.927. The van der Waals surface area contributed by atoms with Gasteiger partial charge in [0.1, 0.15) is 0 Å². The number of nitrogens with one attached hydrogen (secondary N) is 1. The molecule has 0 heterocycles. The molecule has 0 spiro atoms. The molecule has 42 heavy (non-hydrogen) atoms. The summed E-state index contributed by atoms with van der Waals surface area (Å²) in [6.45, 7) is 6.86. The quantitative estimate of drug-likeness (QED) is 0.234. The standard InChI is InChI=1S/C41H33N/c1-25-22-34-32-20-12-10-18-30(32)23-35(34)40(26(25)2)42-41-36-24-31-19-11-13-21-33(31)38(36)27(3)37(28-14-6-4-7-15-28)39(41)29-16-8-5-9-17-29/h4-22,42H,23-24H2,1-3H3. The molecule has 0 amide bonds. The van der Waals surface area contributed by atoms with Gasteiger partial charge in [-0.2, -0.15) is 0 Å². The Morgan fingerprint density at radius 3 is 1.69 bits per heavy atom. The Morgan fingerprint density at radius 2 is 1.00 bits per heavy atom. The fraction of sp³-hybridized carbons (Fsp3) is 0.122. The number of rotatable bonds is 4. The second-order valence-corrected chi connectivity index (χ2v) is 11.8. The lowest BCUT2D eigenvalue weighted by Crippen LogP contribution is -2.07. The molecule has 6 aromatic carbocycles. The zero-order valence-electron chi connectivity index (χ0n) is 24.4. The molecule has 1 nitrogen and oxygen atoms in total. The second-order valence-electron chi connectivity index (χ2n) is 11.8. The van der Waals surface area contributed by atoms with Gasteiger partial charge in [0, 0.05) is 24.1 Å². The fourth-order valence-corrected chi connectivity index (χ4v) is 7.40. The van der Waals surface area contributed by atoms with Crippen molar-refractivity contribution in [2.45, 2.75) is 33.6 Å². The number of hydrogen-bond donors (Lipinski definition) is 1. The normalized spacial score (nSPS) is 12.5. The molecule has 0 saturated carbocycles. The Hall–Kier alpha value is -4.88. The predicted molar refractivity (Wildman–Crippen MR) is 178 cm³/mol. The zero-order valence-corrected chi connectivity index (χ0v) is 24.4. The lowest BCUT2D eigenvalue weighted by Gasteiger charge is -2.26. The van der Waals surface area contributed by atoms with Gasteiger partial charge in [0.2, 0.25) is 0 Å². The number of benzene rings is 6. The highest BCUT2D eigenvalue weighted by molar-refractivity contribution is 6.04. The smallest absolute Gasteiger partial charge is 0.0512 e. The Balaban J connectivity index is 1.46. The van der Waals surface area contributed by atoms with Gasteiger partial charge in [-0.05, 0) is 98.7 Å². The molecule has 2 aliphatic rings. The first kappa shape index (κ1) is 24.9. The third-order valence-corrected chi connectivity index (χ3v) is 9.51. The van der Waals surface area contributed by atoms with Crippen molar-refractivity contribution < 1.29 is 0 Å². The first-order chi connectivity index (χ1) is 20.6. The van der Waals surface area contributed by atoms with Gasteiger partial charge in [-0.25, -0.2) is 0 Å². The predicted octanol–water partition coefficient (Wildman–Crippen LogP) is 10.8. The molecule has 1 heteroatoms. The summed E-state index contributed by atoms with van der Waals surface area (Å²) in [6.07, 6.45) is 1.88. The minimum Gasteiger partial charge on any atom is -0.354 e. The summed E-state index contributed by atoms with van der Waals surface area (Å²) in [5.74, 6) is 0. The van der Waals surface area contributed by atoms with Crippen LogP contribution in [0.5, 0.6) is 0 Å². The molecule has 2 aliphatic carbocycles. The average Bonchev–Trinajstić information content (AvgIpc) is 3.60. The highest BCUT2D eigenvalue weighted by atomic mass is 14.9. The SMILES string of the molecule is Cc1cc2c(c(Nc3c4c(c(C)c(-c5ccccc5)c3-c3ccccc3)-c3ccccc3C4)c1C)Cc1ccccc1-2. The molecular formula is C41H33N. The van der Waals surface area contributed by atoms with E-state index in [-0.39, 0.29) is 0 Å². The van der Waals surface area contributed by atoms with Crippen LogP contribution < -0.4 is 5.32 Å². The van der Waals surface area contributed by atoms with Crippen LogP contribution in [0.1, 0.15) is 38.9 Å². The van der Waals surface area contributed by atoms with Crippen LogP contribution in [0.25, 0.3) is 44.5 Å². The Kier molecular flexibility index (Phi) is 5.69. The van der Waals surface area contributed by atoms with Gasteiger partial charge < -0.3 is 5.32 Å². The maximum Gasteiger partial charge on any atom is 0.0512 e. The molecule has 0 bridgehead atoms. The van der Waals surface area contributed by atoms with E-state index in [0.717, 1.165) is 12.8 Å². The largest absolute Gasteiger partial charge is 0.354 e. The molecule has 0 radical (unpaired) electrons. The van der Waals surface area contributed by atoms with E-state index in [0.29, 0.717) is 0 Å². The van der Waals surface area contributed by atoms with Crippen molar-refractivity contribution in [3.63, 3.8) is 0 Å². The third kappa shape index (κ3) is 3.70. The van der Waals surface area contributed by atoms with Crippen LogP contribution in [0.3, 0.4) is 0 Å². The lowest BCUT2D eigenvalue weighted by molar-refractivity contribution is 1.21. The molecule has 6 aromatic rings. The molecule has 8 rings (SSSR count). The van der Waals surface area contributed by atoms with E-state index >= 15 is 0 Å². The monoisotopic (exact) mass is 539 g/mol. The molecule has 0 saturated heterocycles. The molecule has 202 valence electrons. The number of aryl methyl sites for hydroxylation is 1. The van der Waals surface area contributed by atoms with Gasteiger partial charge in [-0.1, -0.05) is 115 Å². The summed E-state index contributed by atoms with van der Waals surface area (Å²) in [5.41, 5.74) is 22.7. The van der Waals surface area contributed by atoms with Gasteiger partial charge in [0.05, 0.1) is 5.69 Å². The van der Waals surface area contributed by atoms with Gasteiger partial charge in [0.25, 0.3) is 0 Å². The maximum absolute atomic E-state index is 4.19. The fourth-order valence-electron chi connectivity index (χ4n) is 7.40. The van der Waals surface area contributed by atoms with Crippen LogP contribution in [0, 0.1) is 20.8 Å². The van der Waals surface area contributed by atoms with Crippen molar-refractivity contribution in [3.05, 3.63) is 154 Å². The van der Waals surface area contributed by atoms with Crippen molar-refractivity contribution in [1.82, 2.24) is 0 Å². The Labute approximate surface area is 248 Å². The first-order valence-electron chi connectivity index (χ1n) is 15.0. The maximum atomic E-state index is 4.19. The molecule has 0 aromatic heterocycles. The number of hydrogen-bond acceptors (Lipinski definition) is 1. The van der Waals surface area contributed by atoms with Gasteiger partial charge in [-0.3, -0.25) is 0 Å². The Bertz CT molecular complexity index is 2020. The second kappa shape index (κ2) is 9.60. The topological polar surface area (TPSA) is 12.0 Å². The van der Waals surface area contributed by atoms with Gasteiger partial charge in [-0.15, -0.1) is 0 Å². The zero-order chi connectivity index (χ0) is 28.4. The van der Waals surface area contributed by atoms with Gasteiger partial charge >= 0.3 is 0 Å². The van der Waals surface area contributed by atoms with Crippen molar-refractivity contribution in [1.29, 1.82) is 0 Å². The van der Waals surface area contributed by atoms with E-state index in [2.05, 4.69) is 141 Å². The van der Waals surface area contributed by atoms with E-state index in [4.69, 9.17) is 0 Å². The average molecular weight is 540 g/mol. The van der Waals surface area contributed by atoms with E-state index in [9.17, 15) is 0 Å². The molecule has 1 N–H and O–H groups in total. The molecular weight excluding hydrogens is 506 g/mol. The minimum atomic E-state index is 0.927. The summed E-state index contributed by atoms with van der Waals surface area (Å²) in [4.78, 5) is 0. The summed E-state index contributed by atoms with van der Waals surface area (Å²) >= 11 is 0. The summed E-state index contributed by atoms with van der Waals surface area (Å²) < 4.78 is 0. The Morgan fingerprint density at radius 1 is 0.452 bits per heavy atom. The summed E-state index contributed by atoms with van der Waals surface area (Å²) in [7, 11) is 0. The number of fused-ring (bicyclic) bond motifs is 6. The molecule has 0 aliphatic heterocycles. The van der Waals surface area contributed by atoms with E-state index in [1.165, 1.54) is 94.8 Å². The van der Waals surface area contributed by atoms with Crippen molar-refractivity contribution >= 4 is 11.4 Å². The van der Waals surface area contributed by atoms with Crippen molar-refractivity contribution in [3.8, 4) is 44.5 Å². The van der Waals surface area contributed by atoms with E-state index in [1.54, 1.807) is 0 Å². The molecule has 0 fully saturated rings. The third-order valence-electron chi connectivity index (χ3n) is 9.51. The first-order valence-corrected chi connectivity index (χ1v) is 15.0. The van der Waals surface area contributed by atoms with Crippen molar-refractivity contribution in [2.75, 3.05) is 5.32 Å². The molecule has 0 atom stereocenters. The van der Waals surface area contributed by atoms with Crippen LogP contribution >= 0.6 is 0 Å². The van der Waals surface area contributed by atoms with Crippen LogP contribution in [-0.2, 0) is 12.8 Å². The van der Waals surface area contributed by atoms with E-state index in [1.807, 2.05) is 0 Å². The van der Waals surface area contributed by atoms with Crippen LogP contribution in [0.15, 0.2) is 115 Å². The van der Waals surface area contributed by atoms with Crippen LogP contribution in [-0.4, -0.2) is 0 Å². The number of anilines is 2. The van der Waals surface area contributed by atoms with E-state index < -0.39 is 0 Å². The van der Waals surface area contributed by atoms with Gasteiger partial charge in [0.15, 0.2) is 0 Å². The van der Waals surface area contributed by atoms with Crippen LogP contribution in [0.2, 0.25) is 0 Å². The van der Waals surface area contributed by atoms with Crippen LogP contribution in [0.4, 0.5) is 11.4 Å². The highest BCUT2D eigenvalue weighted by Crippen LogP contribution is 2.53. The summed E-state index contributed by atoms with van der Waals surface area (Å²) in [6, 6.07) is 42.2. The lowest BCUT2D eigenvalue weighted by atomic mass is 9.83. The molecule has 0 unspecified atom stereocenters.